The fourth-order valence-electron chi connectivity index (χ4n) is 2.47. The Morgan fingerprint density at radius 1 is 0.920 bits per heavy atom. The van der Waals surface area contributed by atoms with Crippen molar-refractivity contribution in [1.29, 1.82) is 0 Å². The summed E-state index contributed by atoms with van der Waals surface area (Å²) in [6.07, 6.45) is 0. The molecule has 0 saturated carbocycles. The van der Waals surface area contributed by atoms with Gasteiger partial charge in [0, 0.05) is 19.2 Å². The summed E-state index contributed by atoms with van der Waals surface area (Å²) in [6, 6.07) is 22.6. The third-order valence-electron chi connectivity index (χ3n) is 3.74. The molecule has 0 atom stereocenters. The number of halogens is 1. The zero-order valence-corrected chi connectivity index (χ0v) is 13.9. The van der Waals surface area contributed by atoms with Crippen LogP contribution in [0.1, 0.15) is 15.9 Å². The van der Waals surface area contributed by atoms with Gasteiger partial charge in [0.15, 0.2) is 0 Å². The second-order valence-corrected chi connectivity index (χ2v) is 5.73. The molecule has 0 aliphatic rings. The Labute approximate surface area is 146 Å². The third kappa shape index (κ3) is 4.44. The maximum absolute atomic E-state index is 13.0. The molecule has 0 saturated heterocycles. The van der Waals surface area contributed by atoms with Crippen molar-refractivity contribution in [1.82, 2.24) is 4.90 Å². The van der Waals surface area contributed by atoms with Crippen molar-refractivity contribution < 1.29 is 13.9 Å². The molecule has 0 fully saturated rings. The van der Waals surface area contributed by atoms with Crippen LogP contribution in [0.3, 0.4) is 0 Å². The lowest BCUT2D eigenvalue weighted by molar-refractivity contribution is 0.0785. The highest BCUT2D eigenvalue weighted by molar-refractivity contribution is 5.94. The summed E-state index contributed by atoms with van der Waals surface area (Å²) < 4.78 is 18.7. The van der Waals surface area contributed by atoms with E-state index in [0.717, 1.165) is 5.56 Å². The number of rotatable bonds is 5. The summed E-state index contributed by atoms with van der Waals surface area (Å²) in [7, 11) is 1.72. The lowest BCUT2D eigenvalue weighted by Gasteiger charge is -2.18. The highest BCUT2D eigenvalue weighted by atomic mass is 19.1. The summed E-state index contributed by atoms with van der Waals surface area (Å²) in [5.41, 5.74) is 1.41. The maximum Gasteiger partial charge on any atom is 0.254 e. The number of ether oxygens (including phenoxy) is 1. The Hall–Kier alpha value is -3.14. The number of para-hydroxylation sites is 1. The molecule has 0 aromatic heterocycles. The molecule has 25 heavy (non-hydrogen) atoms. The summed E-state index contributed by atoms with van der Waals surface area (Å²) >= 11 is 0. The van der Waals surface area contributed by atoms with Crippen LogP contribution in [0.5, 0.6) is 11.5 Å². The van der Waals surface area contributed by atoms with E-state index in [9.17, 15) is 9.18 Å². The molecular weight excluding hydrogens is 317 g/mol. The summed E-state index contributed by atoms with van der Waals surface area (Å²) in [5, 5.41) is 0. The van der Waals surface area contributed by atoms with Crippen LogP contribution < -0.4 is 4.74 Å². The van der Waals surface area contributed by atoms with Crippen molar-refractivity contribution in [3.8, 4) is 11.5 Å². The smallest absolute Gasteiger partial charge is 0.254 e. The van der Waals surface area contributed by atoms with Crippen LogP contribution in [-0.4, -0.2) is 17.9 Å². The largest absolute Gasteiger partial charge is 0.457 e. The molecule has 0 spiro atoms. The van der Waals surface area contributed by atoms with Gasteiger partial charge in [0.2, 0.25) is 0 Å². The first-order valence-corrected chi connectivity index (χ1v) is 7.95. The number of hydrogen-bond donors (Lipinski definition) is 0. The van der Waals surface area contributed by atoms with Crippen LogP contribution in [0.2, 0.25) is 0 Å². The average molecular weight is 335 g/mol. The first kappa shape index (κ1) is 16.7. The monoisotopic (exact) mass is 335 g/mol. The Morgan fingerprint density at radius 2 is 1.60 bits per heavy atom. The van der Waals surface area contributed by atoms with E-state index in [-0.39, 0.29) is 11.7 Å². The van der Waals surface area contributed by atoms with E-state index < -0.39 is 0 Å². The van der Waals surface area contributed by atoms with Crippen LogP contribution in [0.25, 0.3) is 0 Å². The molecule has 0 radical (unpaired) electrons. The third-order valence-corrected chi connectivity index (χ3v) is 3.74. The fourth-order valence-corrected chi connectivity index (χ4v) is 2.47. The molecule has 126 valence electrons. The summed E-state index contributed by atoms with van der Waals surface area (Å²) in [5.74, 6) is 0.908. The van der Waals surface area contributed by atoms with Crippen molar-refractivity contribution in [2.24, 2.45) is 0 Å². The maximum atomic E-state index is 13.0. The van der Waals surface area contributed by atoms with E-state index in [1.165, 1.54) is 12.1 Å². The van der Waals surface area contributed by atoms with Gasteiger partial charge in [0.25, 0.3) is 5.91 Å². The van der Waals surface area contributed by atoms with E-state index in [1.54, 1.807) is 42.3 Å². The van der Waals surface area contributed by atoms with Crippen molar-refractivity contribution in [2.75, 3.05) is 7.05 Å². The molecule has 3 aromatic rings. The van der Waals surface area contributed by atoms with Crippen molar-refractivity contribution in [3.63, 3.8) is 0 Å². The van der Waals surface area contributed by atoms with Crippen LogP contribution in [0.4, 0.5) is 4.39 Å². The number of carbonyl (C=O) groups is 1. The predicted octanol–water partition coefficient (Wildman–Crippen LogP) is 4.89. The number of amides is 1. The molecule has 0 N–H and O–H groups in total. The van der Waals surface area contributed by atoms with E-state index in [0.29, 0.717) is 23.6 Å². The number of carbonyl (C=O) groups excluding carboxylic acids is 1. The van der Waals surface area contributed by atoms with Gasteiger partial charge in [0.1, 0.15) is 17.3 Å². The first-order valence-electron chi connectivity index (χ1n) is 7.95. The summed E-state index contributed by atoms with van der Waals surface area (Å²) in [6.45, 7) is 0.406. The second-order valence-electron chi connectivity index (χ2n) is 5.73. The molecular formula is C21H18FNO2. The van der Waals surface area contributed by atoms with E-state index in [2.05, 4.69) is 0 Å². The molecule has 0 heterocycles. The lowest BCUT2D eigenvalue weighted by Crippen LogP contribution is -2.26. The Morgan fingerprint density at radius 3 is 2.32 bits per heavy atom. The van der Waals surface area contributed by atoms with Crippen LogP contribution >= 0.6 is 0 Å². The second kappa shape index (κ2) is 7.62. The van der Waals surface area contributed by atoms with E-state index >= 15 is 0 Å². The molecule has 3 rings (SSSR count). The van der Waals surface area contributed by atoms with Crippen LogP contribution in [0, 0.1) is 5.82 Å². The highest BCUT2D eigenvalue weighted by Gasteiger charge is 2.13. The SMILES string of the molecule is CN(Cc1ccc(F)cc1)C(=O)c1cccc(Oc2ccccc2)c1. The van der Waals surface area contributed by atoms with Gasteiger partial charge in [-0.3, -0.25) is 4.79 Å². The van der Waals surface area contributed by atoms with E-state index in [4.69, 9.17) is 4.74 Å². The lowest BCUT2D eigenvalue weighted by atomic mass is 10.1. The van der Waals surface area contributed by atoms with E-state index in [1.807, 2.05) is 36.4 Å². The highest BCUT2D eigenvalue weighted by Crippen LogP contribution is 2.22. The average Bonchev–Trinajstić information content (AvgIpc) is 2.64. The Kier molecular flexibility index (Phi) is 5.09. The van der Waals surface area contributed by atoms with Gasteiger partial charge in [0.05, 0.1) is 0 Å². The van der Waals surface area contributed by atoms with Gasteiger partial charge in [-0.25, -0.2) is 4.39 Å². The van der Waals surface area contributed by atoms with Gasteiger partial charge in [-0.05, 0) is 48.0 Å². The Balaban J connectivity index is 1.71. The molecule has 4 heteroatoms. The quantitative estimate of drug-likeness (QED) is 0.664. The molecule has 3 aromatic carbocycles. The minimum atomic E-state index is -0.288. The summed E-state index contributed by atoms with van der Waals surface area (Å²) in [4.78, 5) is 14.2. The molecule has 0 aliphatic heterocycles. The Bertz CT molecular complexity index is 847. The number of benzene rings is 3. The van der Waals surface area contributed by atoms with Crippen molar-refractivity contribution in [2.45, 2.75) is 6.54 Å². The van der Waals surface area contributed by atoms with Gasteiger partial charge >= 0.3 is 0 Å². The van der Waals surface area contributed by atoms with Gasteiger partial charge in [-0.15, -0.1) is 0 Å². The number of nitrogens with zero attached hydrogens (tertiary/aromatic N) is 1. The van der Waals surface area contributed by atoms with Crippen molar-refractivity contribution in [3.05, 3.63) is 95.8 Å². The first-order chi connectivity index (χ1) is 12.1. The van der Waals surface area contributed by atoms with Crippen LogP contribution in [0.15, 0.2) is 78.9 Å². The van der Waals surface area contributed by atoms with Gasteiger partial charge in [-0.1, -0.05) is 36.4 Å². The van der Waals surface area contributed by atoms with Crippen molar-refractivity contribution >= 4 is 5.91 Å². The molecule has 0 bridgehead atoms. The zero-order valence-electron chi connectivity index (χ0n) is 13.9. The van der Waals surface area contributed by atoms with Crippen LogP contribution in [-0.2, 0) is 6.54 Å². The molecule has 0 aliphatic carbocycles. The zero-order chi connectivity index (χ0) is 17.6. The predicted molar refractivity (Wildman–Crippen MR) is 95.2 cm³/mol. The number of hydrogen-bond acceptors (Lipinski definition) is 2. The fraction of sp³-hybridized carbons (Fsp3) is 0.0952. The topological polar surface area (TPSA) is 29.5 Å². The normalized spacial score (nSPS) is 10.3. The van der Waals surface area contributed by atoms with Gasteiger partial charge < -0.3 is 9.64 Å². The minimum absolute atomic E-state index is 0.122. The molecule has 3 nitrogen and oxygen atoms in total. The molecule has 1 amide bonds. The van der Waals surface area contributed by atoms with Gasteiger partial charge in [-0.2, -0.15) is 0 Å². The molecule has 0 unspecified atom stereocenters. The standard InChI is InChI=1S/C21H18FNO2/c1-23(15-16-10-12-18(22)13-11-16)21(24)17-6-5-9-20(14-17)25-19-7-3-2-4-8-19/h2-14H,15H2,1H3. The minimum Gasteiger partial charge on any atom is -0.457 e.